The Morgan fingerprint density at radius 1 is 1.10 bits per heavy atom. The molecule has 3 rings (SSSR count). The van der Waals surface area contributed by atoms with Crippen LogP contribution in [-0.4, -0.2) is 97.3 Å². The molecule has 9 heteroatoms. The minimum absolute atomic E-state index is 0.205. The smallest absolute Gasteiger partial charge is 0.236 e. The van der Waals surface area contributed by atoms with Crippen LogP contribution in [-0.2, 0) is 16.1 Å². The molecule has 1 aromatic rings. The molecule has 0 radical (unpaired) electrons. The second-order valence-electron chi connectivity index (χ2n) is 8.16. The minimum atomic E-state index is 0.205. The largest absolute Gasteiger partial charge is 0.378 e. The lowest BCUT2D eigenvalue weighted by Crippen LogP contribution is -2.54. The Morgan fingerprint density at radius 2 is 1.81 bits per heavy atom. The zero-order chi connectivity index (χ0) is 22.1. The molecular formula is C22H38N6O3. The number of aromatic nitrogens is 1. The summed E-state index contributed by atoms with van der Waals surface area (Å²) in [6.45, 7) is 14.3. The Balaban J connectivity index is 1.51. The number of nitrogens with zero attached hydrogens (tertiary/aromatic N) is 5. The summed E-state index contributed by atoms with van der Waals surface area (Å²) >= 11 is 0. The van der Waals surface area contributed by atoms with E-state index >= 15 is 0 Å². The molecule has 1 aromatic heterocycles. The Hall–Kier alpha value is -2.13. The van der Waals surface area contributed by atoms with Crippen LogP contribution < -0.4 is 5.32 Å². The van der Waals surface area contributed by atoms with E-state index in [4.69, 9.17) is 14.3 Å². The predicted octanol–water partition coefficient (Wildman–Crippen LogP) is 1.52. The summed E-state index contributed by atoms with van der Waals surface area (Å²) in [4.78, 5) is 23.7. The van der Waals surface area contributed by atoms with Gasteiger partial charge in [-0.25, -0.2) is 4.99 Å². The van der Waals surface area contributed by atoms with Gasteiger partial charge in [0.15, 0.2) is 11.7 Å². The average molecular weight is 435 g/mol. The number of carbonyl (C=O) groups excluding carboxylic acids is 1. The number of nitrogens with one attached hydrogen (secondary N) is 1. The van der Waals surface area contributed by atoms with E-state index in [1.807, 2.05) is 11.0 Å². The van der Waals surface area contributed by atoms with Gasteiger partial charge < -0.3 is 24.4 Å². The van der Waals surface area contributed by atoms with E-state index in [0.717, 1.165) is 63.0 Å². The number of hydrogen-bond acceptors (Lipinski definition) is 6. The van der Waals surface area contributed by atoms with Gasteiger partial charge in [-0.2, -0.15) is 0 Å². The van der Waals surface area contributed by atoms with Crippen molar-refractivity contribution < 1.29 is 14.1 Å². The molecule has 0 unspecified atom stereocenters. The molecule has 1 amide bonds. The van der Waals surface area contributed by atoms with Crippen molar-refractivity contribution in [3.8, 4) is 0 Å². The van der Waals surface area contributed by atoms with E-state index in [0.29, 0.717) is 45.3 Å². The standard InChI is InChI=1S/C22H38N6O3/c1-4-18(5-2)20-15-19(31-25-20)16-24-22(23-6-3)28-9-7-26(8-10-28)17-21(29)27-11-13-30-14-12-27/h15,18H,4-14,16-17H2,1-3H3,(H,23,24). The van der Waals surface area contributed by atoms with Crippen molar-refractivity contribution in [2.75, 3.05) is 65.6 Å². The summed E-state index contributed by atoms with van der Waals surface area (Å²) in [5.41, 5.74) is 1.03. The van der Waals surface area contributed by atoms with Crippen LogP contribution in [0.3, 0.4) is 0 Å². The lowest BCUT2D eigenvalue weighted by Gasteiger charge is -2.37. The van der Waals surface area contributed by atoms with Crippen molar-refractivity contribution in [3.63, 3.8) is 0 Å². The van der Waals surface area contributed by atoms with Crippen LogP contribution in [0.25, 0.3) is 0 Å². The zero-order valence-electron chi connectivity index (χ0n) is 19.3. The van der Waals surface area contributed by atoms with Crippen LogP contribution in [0.15, 0.2) is 15.6 Å². The summed E-state index contributed by atoms with van der Waals surface area (Å²) in [6, 6.07) is 2.04. The van der Waals surface area contributed by atoms with Gasteiger partial charge in [-0.1, -0.05) is 19.0 Å². The molecule has 0 bridgehead atoms. The van der Waals surface area contributed by atoms with E-state index in [9.17, 15) is 4.79 Å². The van der Waals surface area contributed by atoms with Crippen LogP contribution in [0.5, 0.6) is 0 Å². The van der Waals surface area contributed by atoms with Crippen molar-refractivity contribution in [3.05, 3.63) is 17.5 Å². The Bertz CT molecular complexity index is 704. The lowest BCUT2D eigenvalue weighted by atomic mass is 9.99. The number of aliphatic imine (C=N–C) groups is 1. The fourth-order valence-corrected chi connectivity index (χ4v) is 4.10. The summed E-state index contributed by atoms with van der Waals surface area (Å²) < 4.78 is 10.9. The van der Waals surface area contributed by atoms with Crippen molar-refractivity contribution in [1.29, 1.82) is 0 Å². The van der Waals surface area contributed by atoms with Crippen LogP contribution in [0.2, 0.25) is 0 Å². The van der Waals surface area contributed by atoms with Gasteiger partial charge in [0.25, 0.3) is 0 Å². The minimum Gasteiger partial charge on any atom is -0.378 e. The topological polar surface area (TPSA) is 86.4 Å². The SMILES string of the molecule is CCNC(=NCc1cc(C(CC)CC)no1)N1CCN(CC(=O)N2CCOCC2)CC1. The highest BCUT2D eigenvalue weighted by atomic mass is 16.5. The summed E-state index contributed by atoms with van der Waals surface area (Å²) in [7, 11) is 0. The van der Waals surface area contributed by atoms with Gasteiger partial charge in [-0.3, -0.25) is 9.69 Å². The number of hydrogen-bond donors (Lipinski definition) is 1. The van der Waals surface area contributed by atoms with Gasteiger partial charge in [0.2, 0.25) is 5.91 Å². The molecule has 0 aliphatic carbocycles. The second-order valence-corrected chi connectivity index (χ2v) is 8.16. The fourth-order valence-electron chi connectivity index (χ4n) is 4.10. The maximum atomic E-state index is 12.5. The third-order valence-electron chi connectivity index (χ3n) is 6.10. The van der Waals surface area contributed by atoms with Crippen molar-refractivity contribution in [2.45, 2.75) is 46.1 Å². The van der Waals surface area contributed by atoms with E-state index < -0.39 is 0 Å². The zero-order valence-corrected chi connectivity index (χ0v) is 19.3. The first-order chi connectivity index (χ1) is 15.1. The van der Waals surface area contributed by atoms with Crippen molar-refractivity contribution in [1.82, 2.24) is 25.2 Å². The maximum Gasteiger partial charge on any atom is 0.236 e. The molecular weight excluding hydrogens is 396 g/mol. The first-order valence-electron chi connectivity index (χ1n) is 11.7. The summed E-state index contributed by atoms with van der Waals surface area (Å²) in [5.74, 6) is 2.34. The highest BCUT2D eigenvalue weighted by Gasteiger charge is 2.24. The van der Waals surface area contributed by atoms with Crippen molar-refractivity contribution >= 4 is 11.9 Å². The molecule has 2 fully saturated rings. The number of rotatable bonds is 8. The quantitative estimate of drug-likeness (QED) is 0.490. The van der Waals surface area contributed by atoms with Crippen molar-refractivity contribution in [2.24, 2.45) is 4.99 Å². The lowest BCUT2D eigenvalue weighted by molar-refractivity contribution is -0.136. The second kappa shape index (κ2) is 12.0. The third kappa shape index (κ3) is 6.67. The average Bonchev–Trinajstić information content (AvgIpc) is 3.27. The van der Waals surface area contributed by atoms with Gasteiger partial charge in [0.1, 0.15) is 6.54 Å². The third-order valence-corrected chi connectivity index (χ3v) is 6.10. The van der Waals surface area contributed by atoms with Gasteiger partial charge >= 0.3 is 0 Å². The monoisotopic (exact) mass is 434 g/mol. The van der Waals surface area contributed by atoms with E-state index in [1.165, 1.54) is 0 Å². The number of amides is 1. The molecule has 0 saturated carbocycles. The summed E-state index contributed by atoms with van der Waals surface area (Å²) in [5, 5.41) is 7.63. The van der Waals surface area contributed by atoms with E-state index in [1.54, 1.807) is 0 Å². The number of guanidine groups is 1. The number of morpholine rings is 1. The molecule has 0 atom stereocenters. The molecule has 31 heavy (non-hydrogen) atoms. The highest BCUT2D eigenvalue weighted by molar-refractivity contribution is 5.80. The van der Waals surface area contributed by atoms with Gasteiger partial charge in [0.05, 0.1) is 25.5 Å². The molecule has 2 saturated heterocycles. The molecule has 0 spiro atoms. The first-order valence-corrected chi connectivity index (χ1v) is 11.7. The van der Waals surface area contributed by atoms with Crippen LogP contribution in [0, 0.1) is 0 Å². The van der Waals surface area contributed by atoms with Gasteiger partial charge in [-0.05, 0) is 19.8 Å². The first kappa shape index (κ1) is 23.5. The molecule has 2 aliphatic heterocycles. The van der Waals surface area contributed by atoms with Crippen LogP contribution in [0.4, 0.5) is 0 Å². The molecule has 9 nitrogen and oxygen atoms in total. The fraction of sp³-hybridized carbons (Fsp3) is 0.773. The predicted molar refractivity (Wildman–Crippen MR) is 120 cm³/mol. The summed E-state index contributed by atoms with van der Waals surface area (Å²) in [6.07, 6.45) is 2.12. The maximum absolute atomic E-state index is 12.5. The van der Waals surface area contributed by atoms with E-state index in [2.05, 4.69) is 41.0 Å². The Kier molecular flexibility index (Phi) is 9.14. The van der Waals surface area contributed by atoms with Crippen LogP contribution in [0.1, 0.15) is 51.0 Å². The molecule has 2 aliphatic rings. The highest BCUT2D eigenvalue weighted by Crippen LogP contribution is 2.22. The normalized spacial score (nSPS) is 18.6. The Labute approximate surface area is 185 Å². The van der Waals surface area contributed by atoms with Gasteiger partial charge in [0, 0.05) is 57.8 Å². The molecule has 0 aromatic carbocycles. The van der Waals surface area contributed by atoms with Gasteiger partial charge in [-0.15, -0.1) is 0 Å². The number of ether oxygens (including phenoxy) is 1. The molecule has 3 heterocycles. The van der Waals surface area contributed by atoms with Crippen LogP contribution >= 0.6 is 0 Å². The molecule has 174 valence electrons. The number of piperazine rings is 1. The Morgan fingerprint density at radius 3 is 2.45 bits per heavy atom. The number of carbonyl (C=O) groups is 1. The molecule has 1 N–H and O–H groups in total. The van der Waals surface area contributed by atoms with E-state index in [-0.39, 0.29) is 5.91 Å².